The summed E-state index contributed by atoms with van der Waals surface area (Å²) >= 11 is 0. The highest BCUT2D eigenvalue weighted by molar-refractivity contribution is 6.13. The summed E-state index contributed by atoms with van der Waals surface area (Å²) in [4.78, 5) is 0. The Morgan fingerprint density at radius 1 is 0.326 bits per heavy atom. The average molecular weight is 583 g/mol. The van der Waals surface area contributed by atoms with E-state index in [1.165, 1.54) is 82.7 Å². The first-order chi connectivity index (χ1) is 22.8. The molecule has 8 aromatic carbocycles. The maximum absolute atomic E-state index is 6.48. The van der Waals surface area contributed by atoms with Crippen LogP contribution in [0, 0.1) is 0 Å². The van der Waals surface area contributed by atoms with Crippen LogP contribution in [-0.4, -0.2) is 0 Å². The lowest BCUT2D eigenvalue weighted by Crippen LogP contribution is -2.31. The Morgan fingerprint density at radius 2 is 0.913 bits per heavy atom. The second-order valence-electron chi connectivity index (χ2n) is 12.7. The van der Waals surface area contributed by atoms with Gasteiger partial charge >= 0.3 is 0 Å². The van der Waals surface area contributed by atoms with Gasteiger partial charge in [0, 0.05) is 10.9 Å². The molecule has 1 heteroatoms. The van der Waals surface area contributed by atoms with Gasteiger partial charge in [0.2, 0.25) is 0 Å². The summed E-state index contributed by atoms with van der Waals surface area (Å²) in [6, 6.07) is 58.3. The van der Waals surface area contributed by atoms with E-state index in [0.717, 1.165) is 17.1 Å². The highest BCUT2D eigenvalue weighted by Crippen LogP contribution is 2.63. The van der Waals surface area contributed by atoms with Crippen molar-refractivity contribution in [2.45, 2.75) is 5.41 Å². The van der Waals surface area contributed by atoms with Crippen molar-refractivity contribution in [2.24, 2.45) is 0 Å². The van der Waals surface area contributed by atoms with Crippen molar-refractivity contribution in [3.8, 4) is 56.0 Å². The van der Waals surface area contributed by atoms with Crippen LogP contribution in [0.2, 0.25) is 0 Å². The molecule has 11 rings (SSSR count). The van der Waals surface area contributed by atoms with Gasteiger partial charge in [0.25, 0.3) is 0 Å². The van der Waals surface area contributed by atoms with Crippen LogP contribution >= 0.6 is 0 Å². The summed E-state index contributed by atoms with van der Waals surface area (Å²) in [6.07, 6.45) is 0. The molecule has 1 nitrogen and oxygen atoms in total. The second kappa shape index (κ2) is 8.62. The lowest BCUT2D eigenvalue weighted by atomic mass is 9.61. The number of para-hydroxylation sites is 1. The van der Waals surface area contributed by atoms with Gasteiger partial charge in [0.15, 0.2) is 0 Å². The number of benzene rings is 8. The van der Waals surface area contributed by atoms with Crippen molar-refractivity contribution in [1.82, 2.24) is 0 Å². The molecule has 1 atom stereocenters. The molecule has 46 heavy (non-hydrogen) atoms. The summed E-state index contributed by atoms with van der Waals surface area (Å²) in [5, 5.41) is 5.04. The van der Waals surface area contributed by atoms with Crippen LogP contribution in [0.15, 0.2) is 158 Å². The molecule has 0 bridgehead atoms. The van der Waals surface area contributed by atoms with E-state index in [-0.39, 0.29) is 0 Å². The molecular weight excluding hydrogens is 556 g/mol. The Bertz CT molecular complexity index is 2620. The lowest BCUT2D eigenvalue weighted by molar-refractivity contribution is 0.487. The van der Waals surface area contributed by atoms with E-state index in [2.05, 4.69) is 152 Å². The third-order valence-corrected chi connectivity index (χ3v) is 10.7. The molecule has 0 fully saturated rings. The Labute approximate surface area is 267 Å². The molecule has 0 saturated heterocycles. The Balaban J connectivity index is 1.28. The lowest BCUT2D eigenvalue weighted by Gasteiger charge is -2.40. The van der Waals surface area contributed by atoms with Crippen molar-refractivity contribution in [1.29, 1.82) is 0 Å². The van der Waals surface area contributed by atoms with Gasteiger partial charge in [-0.05, 0) is 89.5 Å². The molecule has 212 valence electrons. The molecule has 3 aliphatic rings. The zero-order chi connectivity index (χ0) is 30.0. The fourth-order valence-corrected chi connectivity index (χ4v) is 9.02. The van der Waals surface area contributed by atoms with Gasteiger partial charge in [0.05, 0.1) is 5.41 Å². The van der Waals surface area contributed by atoms with Crippen LogP contribution < -0.4 is 4.74 Å². The number of ether oxygens (including phenoxy) is 1. The van der Waals surface area contributed by atoms with Gasteiger partial charge in [-0.3, -0.25) is 0 Å². The topological polar surface area (TPSA) is 9.23 Å². The smallest absolute Gasteiger partial charge is 0.135 e. The first-order valence-electron chi connectivity index (χ1n) is 16.0. The Morgan fingerprint density at radius 3 is 1.78 bits per heavy atom. The summed E-state index contributed by atoms with van der Waals surface area (Å²) in [7, 11) is 0. The zero-order valence-electron chi connectivity index (χ0n) is 24.9. The van der Waals surface area contributed by atoms with Gasteiger partial charge < -0.3 is 4.74 Å². The molecule has 8 aromatic rings. The largest absolute Gasteiger partial charge is 0.456 e. The van der Waals surface area contributed by atoms with Crippen molar-refractivity contribution >= 4 is 21.5 Å². The first-order valence-corrected chi connectivity index (χ1v) is 16.0. The third kappa shape index (κ3) is 2.83. The van der Waals surface area contributed by atoms with Crippen LogP contribution in [0.4, 0.5) is 0 Å². The number of fused-ring (bicyclic) bond motifs is 11. The average Bonchev–Trinajstić information content (AvgIpc) is 3.42. The van der Waals surface area contributed by atoms with Crippen molar-refractivity contribution in [3.05, 3.63) is 180 Å². The van der Waals surface area contributed by atoms with Crippen molar-refractivity contribution < 1.29 is 4.74 Å². The summed E-state index contributed by atoms with van der Waals surface area (Å²) in [5.74, 6) is 1.83. The molecule has 0 aromatic heterocycles. The minimum absolute atomic E-state index is 0.430. The molecule has 0 radical (unpaired) electrons. The molecule has 1 spiro atoms. The minimum Gasteiger partial charge on any atom is -0.456 e. The molecule has 1 aliphatic heterocycles. The van der Waals surface area contributed by atoms with Crippen LogP contribution in [0.3, 0.4) is 0 Å². The fourth-order valence-electron chi connectivity index (χ4n) is 9.02. The van der Waals surface area contributed by atoms with Crippen LogP contribution in [0.5, 0.6) is 11.5 Å². The first kappa shape index (κ1) is 24.4. The monoisotopic (exact) mass is 582 g/mol. The van der Waals surface area contributed by atoms with Crippen LogP contribution in [0.1, 0.15) is 22.3 Å². The Hall–Kier alpha value is -5.92. The SMILES string of the molecule is c1ccc2c(c1)Oc1ccc(-c3cccc4c3-c3ccccc3C43c4ccccc4-c4cccc5cccc3c45)c3cccc-2c13. The van der Waals surface area contributed by atoms with E-state index in [0.29, 0.717) is 0 Å². The highest BCUT2D eigenvalue weighted by atomic mass is 16.5. The van der Waals surface area contributed by atoms with Gasteiger partial charge in [-0.2, -0.15) is 0 Å². The number of hydrogen-bond donors (Lipinski definition) is 0. The normalized spacial score (nSPS) is 16.1. The predicted molar refractivity (Wildman–Crippen MR) is 189 cm³/mol. The number of rotatable bonds is 1. The van der Waals surface area contributed by atoms with Gasteiger partial charge in [0.1, 0.15) is 11.5 Å². The van der Waals surface area contributed by atoms with Gasteiger partial charge in [-0.15, -0.1) is 0 Å². The quantitative estimate of drug-likeness (QED) is 0.187. The summed E-state index contributed by atoms with van der Waals surface area (Å²) in [6.45, 7) is 0. The number of hydrogen-bond acceptors (Lipinski definition) is 1. The zero-order valence-corrected chi connectivity index (χ0v) is 24.9. The van der Waals surface area contributed by atoms with Crippen molar-refractivity contribution in [3.63, 3.8) is 0 Å². The molecule has 1 heterocycles. The predicted octanol–water partition coefficient (Wildman–Crippen LogP) is 11.8. The molecule has 2 aliphatic carbocycles. The van der Waals surface area contributed by atoms with Crippen LogP contribution in [0.25, 0.3) is 66.1 Å². The summed E-state index contributed by atoms with van der Waals surface area (Å²) in [5.41, 5.74) is 15.1. The maximum atomic E-state index is 6.48. The van der Waals surface area contributed by atoms with E-state index in [9.17, 15) is 0 Å². The molecular formula is C45H26O. The van der Waals surface area contributed by atoms with Gasteiger partial charge in [-0.1, -0.05) is 146 Å². The van der Waals surface area contributed by atoms with E-state index in [1.54, 1.807) is 0 Å². The molecule has 0 amide bonds. The molecule has 0 saturated carbocycles. The fraction of sp³-hybridized carbons (Fsp3) is 0.0222. The van der Waals surface area contributed by atoms with Crippen LogP contribution in [-0.2, 0) is 5.41 Å². The van der Waals surface area contributed by atoms with E-state index in [1.807, 2.05) is 6.07 Å². The minimum atomic E-state index is -0.430. The maximum Gasteiger partial charge on any atom is 0.135 e. The highest BCUT2D eigenvalue weighted by Gasteiger charge is 2.50. The molecule has 0 N–H and O–H groups in total. The second-order valence-corrected chi connectivity index (χ2v) is 12.7. The van der Waals surface area contributed by atoms with Gasteiger partial charge in [-0.25, -0.2) is 0 Å². The Kier molecular flexibility index (Phi) is 4.57. The van der Waals surface area contributed by atoms with E-state index < -0.39 is 5.41 Å². The standard InChI is InChI=1S/C45H26O/c1-4-20-36-29(13-1)33-16-7-11-27-12-8-22-38(42(27)33)45(36)37-21-5-2-15-35(37)43-31(19-10-23-39(43)45)28-25-26-41-44-32(28)17-9-18-34(44)30-14-3-6-24-40(30)46-41/h1-26H. The van der Waals surface area contributed by atoms with E-state index in [4.69, 9.17) is 4.74 Å². The summed E-state index contributed by atoms with van der Waals surface area (Å²) < 4.78 is 6.48. The van der Waals surface area contributed by atoms with Crippen molar-refractivity contribution in [2.75, 3.05) is 0 Å². The third-order valence-electron chi connectivity index (χ3n) is 10.7. The van der Waals surface area contributed by atoms with E-state index >= 15 is 0 Å². The molecule has 1 unspecified atom stereocenters.